The number of aryl methyl sites for hydroxylation is 2. The highest BCUT2D eigenvalue weighted by molar-refractivity contribution is 7.89. The number of ether oxygens (including phenoxy) is 1. The molecular weight excluding hydrogens is 450 g/mol. The van der Waals surface area contributed by atoms with Gasteiger partial charge in [-0.05, 0) is 45.0 Å². The van der Waals surface area contributed by atoms with Crippen molar-refractivity contribution in [3.05, 3.63) is 41.9 Å². The Bertz CT molecular complexity index is 1070. The molecule has 1 aromatic heterocycles. The summed E-state index contributed by atoms with van der Waals surface area (Å²) in [6.07, 6.45) is 1.12. The van der Waals surface area contributed by atoms with E-state index in [4.69, 9.17) is 4.74 Å². The van der Waals surface area contributed by atoms with E-state index < -0.39 is 28.5 Å². The minimum Gasteiger partial charge on any atom is -0.456 e. The Hall–Kier alpha value is -3.25. The van der Waals surface area contributed by atoms with Gasteiger partial charge in [-0.15, -0.1) is 0 Å². The van der Waals surface area contributed by atoms with E-state index in [1.165, 1.54) is 6.20 Å². The standard InChI is InChI=1S/C21H29N5O6S/c1-5-26(6-2)21(29)16-7-9-17(10-8-16)24-18(27)14-32-20(28)11-12-22-33(30,31)19-13-25(4)15(3)23-19/h7-10,13,22H,5-6,11-12,14H2,1-4H3,(H,24,27). The molecule has 11 nitrogen and oxygen atoms in total. The molecule has 2 aromatic rings. The molecule has 0 aliphatic heterocycles. The molecule has 0 saturated carbocycles. The monoisotopic (exact) mass is 479 g/mol. The number of rotatable bonds is 11. The van der Waals surface area contributed by atoms with Crippen LogP contribution in [0.15, 0.2) is 35.5 Å². The Kier molecular flexibility index (Phi) is 9.12. The molecule has 2 N–H and O–H groups in total. The molecule has 33 heavy (non-hydrogen) atoms. The Labute approximate surface area is 193 Å². The first-order chi connectivity index (χ1) is 15.6. The number of benzene rings is 1. The fraction of sp³-hybridized carbons (Fsp3) is 0.429. The second-order valence-corrected chi connectivity index (χ2v) is 8.86. The number of imidazole rings is 1. The van der Waals surface area contributed by atoms with E-state index in [0.29, 0.717) is 30.2 Å². The van der Waals surface area contributed by atoms with Gasteiger partial charge in [-0.1, -0.05) is 0 Å². The summed E-state index contributed by atoms with van der Waals surface area (Å²) in [6.45, 7) is 5.95. The zero-order chi connectivity index (χ0) is 24.6. The molecule has 0 atom stereocenters. The Balaban J connectivity index is 1.75. The van der Waals surface area contributed by atoms with Crippen LogP contribution in [0.1, 0.15) is 36.5 Å². The van der Waals surface area contributed by atoms with Crippen molar-refractivity contribution in [3.63, 3.8) is 0 Å². The molecular formula is C21H29N5O6S. The Morgan fingerprint density at radius 1 is 1.12 bits per heavy atom. The molecule has 0 aliphatic carbocycles. The quantitative estimate of drug-likeness (QED) is 0.459. The summed E-state index contributed by atoms with van der Waals surface area (Å²) in [5.74, 6) is -0.854. The van der Waals surface area contributed by atoms with Crippen LogP contribution < -0.4 is 10.0 Å². The third kappa shape index (κ3) is 7.39. The average Bonchev–Trinajstić information content (AvgIpc) is 3.12. The van der Waals surface area contributed by atoms with Gasteiger partial charge in [0.15, 0.2) is 11.6 Å². The van der Waals surface area contributed by atoms with E-state index >= 15 is 0 Å². The van der Waals surface area contributed by atoms with Crippen molar-refractivity contribution in [2.24, 2.45) is 7.05 Å². The molecule has 0 radical (unpaired) electrons. The molecule has 1 aromatic carbocycles. The van der Waals surface area contributed by atoms with Crippen molar-refractivity contribution in [1.82, 2.24) is 19.2 Å². The van der Waals surface area contributed by atoms with Crippen LogP contribution in [0.25, 0.3) is 0 Å². The lowest BCUT2D eigenvalue weighted by Crippen LogP contribution is -2.30. The second-order valence-electron chi connectivity index (χ2n) is 7.15. The van der Waals surface area contributed by atoms with Gasteiger partial charge in [0.05, 0.1) is 6.42 Å². The van der Waals surface area contributed by atoms with Crippen molar-refractivity contribution >= 4 is 33.5 Å². The van der Waals surface area contributed by atoms with Gasteiger partial charge in [0.25, 0.3) is 21.8 Å². The van der Waals surface area contributed by atoms with Crippen molar-refractivity contribution < 1.29 is 27.5 Å². The van der Waals surface area contributed by atoms with Crippen LogP contribution in [0.3, 0.4) is 0 Å². The first-order valence-corrected chi connectivity index (χ1v) is 11.9. The molecule has 12 heteroatoms. The molecule has 2 amide bonds. The van der Waals surface area contributed by atoms with Crippen LogP contribution >= 0.6 is 0 Å². The van der Waals surface area contributed by atoms with Crippen LogP contribution in [0.4, 0.5) is 5.69 Å². The van der Waals surface area contributed by atoms with Gasteiger partial charge >= 0.3 is 5.97 Å². The van der Waals surface area contributed by atoms with Gasteiger partial charge in [0, 0.05) is 44.1 Å². The van der Waals surface area contributed by atoms with E-state index in [9.17, 15) is 22.8 Å². The van der Waals surface area contributed by atoms with E-state index in [-0.39, 0.29) is 23.9 Å². The highest BCUT2D eigenvalue weighted by Crippen LogP contribution is 2.12. The number of aromatic nitrogens is 2. The summed E-state index contributed by atoms with van der Waals surface area (Å²) in [6, 6.07) is 6.39. The maximum absolute atomic E-state index is 12.3. The first kappa shape index (κ1) is 26.0. The largest absolute Gasteiger partial charge is 0.456 e. The number of hydrogen-bond acceptors (Lipinski definition) is 7. The van der Waals surface area contributed by atoms with Crippen LogP contribution in [-0.4, -0.2) is 66.9 Å². The number of esters is 1. The number of hydrogen-bond donors (Lipinski definition) is 2. The fourth-order valence-corrected chi connectivity index (χ4v) is 3.89. The molecule has 0 saturated heterocycles. The lowest BCUT2D eigenvalue weighted by Gasteiger charge is -2.18. The van der Waals surface area contributed by atoms with Gasteiger partial charge in [-0.25, -0.2) is 18.1 Å². The smallest absolute Gasteiger partial charge is 0.307 e. The minimum atomic E-state index is -3.84. The second kappa shape index (κ2) is 11.6. The van der Waals surface area contributed by atoms with Crippen molar-refractivity contribution in [1.29, 1.82) is 0 Å². The summed E-state index contributed by atoms with van der Waals surface area (Å²) >= 11 is 0. The topological polar surface area (TPSA) is 140 Å². The molecule has 0 spiro atoms. The molecule has 0 aliphatic rings. The Morgan fingerprint density at radius 3 is 2.30 bits per heavy atom. The predicted molar refractivity (Wildman–Crippen MR) is 121 cm³/mol. The maximum Gasteiger partial charge on any atom is 0.307 e. The summed E-state index contributed by atoms with van der Waals surface area (Å²) in [7, 11) is -2.17. The summed E-state index contributed by atoms with van der Waals surface area (Å²) in [5.41, 5.74) is 0.956. The van der Waals surface area contributed by atoms with Crippen LogP contribution in [-0.2, 0) is 31.4 Å². The highest BCUT2D eigenvalue weighted by Gasteiger charge is 2.19. The maximum atomic E-state index is 12.3. The molecule has 0 unspecified atom stereocenters. The van der Waals surface area contributed by atoms with Gasteiger partial charge in [0.2, 0.25) is 0 Å². The third-order valence-corrected chi connectivity index (χ3v) is 6.15. The fourth-order valence-electron chi connectivity index (χ4n) is 2.82. The van der Waals surface area contributed by atoms with Crippen LogP contribution in [0.5, 0.6) is 0 Å². The Morgan fingerprint density at radius 2 is 1.76 bits per heavy atom. The van der Waals surface area contributed by atoms with Crippen LogP contribution in [0, 0.1) is 6.92 Å². The van der Waals surface area contributed by atoms with Crippen molar-refractivity contribution in [2.45, 2.75) is 32.2 Å². The summed E-state index contributed by atoms with van der Waals surface area (Å²) < 4.78 is 33.0. The van der Waals surface area contributed by atoms with E-state index in [0.717, 1.165) is 0 Å². The predicted octanol–water partition coefficient (Wildman–Crippen LogP) is 1.06. The molecule has 0 bridgehead atoms. The lowest BCUT2D eigenvalue weighted by molar-refractivity contribution is -0.147. The summed E-state index contributed by atoms with van der Waals surface area (Å²) in [4.78, 5) is 41.7. The number of carbonyl (C=O) groups is 3. The molecule has 0 fully saturated rings. The average molecular weight is 480 g/mol. The van der Waals surface area contributed by atoms with E-state index in [2.05, 4.69) is 15.0 Å². The normalized spacial score (nSPS) is 11.2. The number of carbonyl (C=O) groups excluding carboxylic acids is 3. The first-order valence-electron chi connectivity index (χ1n) is 10.4. The molecule has 1 heterocycles. The number of amides is 2. The van der Waals surface area contributed by atoms with Crippen molar-refractivity contribution in [3.8, 4) is 0 Å². The molecule has 2 rings (SSSR count). The number of anilines is 1. The number of sulfonamides is 1. The summed E-state index contributed by atoms with van der Waals surface area (Å²) in [5, 5.41) is 2.43. The van der Waals surface area contributed by atoms with E-state index in [1.54, 1.807) is 47.7 Å². The van der Waals surface area contributed by atoms with Crippen molar-refractivity contribution in [2.75, 3.05) is 31.6 Å². The van der Waals surface area contributed by atoms with Gasteiger partial charge < -0.3 is 19.5 Å². The van der Waals surface area contributed by atoms with Crippen LogP contribution in [0.2, 0.25) is 0 Å². The SMILES string of the molecule is CCN(CC)C(=O)c1ccc(NC(=O)COC(=O)CCNS(=O)(=O)c2cn(C)c(C)n2)cc1. The van der Waals surface area contributed by atoms with E-state index in [1.807, 2.05) is 13.8 Å². The number of nitrogens with zero attached hydrogens (tertiary/aromatic N) is 3. The zero-order valence-electron chi connectivity index (χ0n) is 19.1. The van der Waals surface area contributed by atoms with Gasteiger partial charge in [0.1, 0.15) is 5.82 Å². The highest BCUT2D eigenvalue weighted by atomic mass is 32.2. The third-order valence-electron chi connectivity index (χ3n) is 4.81. The lowest BCUT2D eigenvalue weighted by atomic mass is 10.2. The number of nitrogens with one attached hydrogen (secondary N) is 2. The van der Waals surface area contributed by atoms with Gasteiger partial charge in [-0.3, -0.25) is 14.4 Å². The minimum absolute atomic E-state index is 0.0967. The van der Waals surface area contributed by atoms with Gasteiger partial charge in [-0.2, -0.15) is 0 Å². The zero-order valence-corrected chi connectivity index (χ0v) is 19.9. The molecule has 180 valence electrons.